The Hall–Kier alpha value is -3.06. The summed E-state index contributed by atoms with van der Waals surface area (Å²) < 4.78 is 28.1. The number of carbonyl (C=O) groups excluding carboxylic acids is 1. The summed E-state index contributed by atoms with van der Waals surface area (Å²) in [5.74, 6) is -1.95. The summed E-state index contributed by atoms with van der Waals surface area (Å²) >= 11 is 5.69. The third-order valence-corrected chi connectivity index (χ3v) is 3.97. The molecule has 8 heteroatoms. The van der Waals surface area contributed by atoms with Crippen LogP contribution in [0.5, 0.6) is 0 Å². The van der Waals surface area contributed by atoms with Crippen LogP contribution in [-0.2, 0) is 0 Å². The third kappa shape index (κ3) is 3.78. The first-order chi connectivity index (χ1) is 12.5. The highest BCUT2D eigenvalue weighted by atomic mass is 35.5. The summed E-state index contributed by atoms with van der Waals surface area (Å²) in [6.07, 6.45) is 2.59. The van der Waals surface area contributed by atoms with Gasteiger partial charge in [0.25, 0.3) is 5.91 Å². The standard InChI is InChI=1S/C18H12ClF2N3O2/c19-12-5-3-10(8-14(12)21)16(17-13(20)2-1-7-22-17)24-18(26)11-4-6-15(25)23-9-11/h1-9,16H,(H,23,25)(H,24,26)/t16-/m0/s1. The Bertz CT molecular complexity index is 1000. The Morgan fingerprint density at radius 1 is 1.15 bits per heavy atom. The van der Waals surface area contributed by atoms with Crippen molar-refractivity contribution in [1.82, 2.24) is 15.3 Å². The molecule has 2 heterocycles. The van der Waals surface area contributed by atoms with E-state index >= 15 is 0 Å². The molecule has 3 rings (SSSR count). The number of nitrogens with one attached hydrogen (secondary N) is 2. The Balaban J connectivity index is 2.01. The molecule has 26 heavy (non-hydrogen) atoms. The summed E-state index contributed by atoms with van der Waals surface area (Å²) in [6, 6.07) is 7.94. The van der Waals surface area contributed by atoms with Gasteiger partial charge in [0, 0.05) is 18.5 Å². The van der Waals surface area contributed by atoms with Crippen LogP contribution in [0.15, 0.2) is 59.7 Å². The Labute approximate surface area is 151 Å². The number of aromatic amines is 1. The van der Waals surface area contributed by atoms with Gasteiger partial charge in [-0.05, 0) is 35.9 Å². The molecule has 0 aliphatic carbocycles. The Kier molecular flexibility index (Phi) is 5.09. The first-order valence-electron chi connectivity index (χ1n) is 7.50. The molecule has 0 radical (unpaired) electrons. The quantitative estimate of drug-likeness (QED) is 0.735. The number of carbonyl (C=O) groups is 1. The maximum Gasteiger partial charge on any atom is 0.253 e. The lowest BCUT2D eigenvalue weighted by Crippen LogP contribution is -2.31. The molecule has 1 amide bonds. The number of aromatic nitrogens is 2. The van der Waals surface area contributed by atoms with Gasteiger partial charge in [-0.1, -0.05) is 17.7 Å². The molecule has 2 aromatic heterocycles. The van der Waals surface area contributed by atoms with Gasteiger partial charge in [0.2, 0.25) is 5.56 Å². The van der Waals surface area contributed by atoms with Gasteiger partial charge < -0.3 is 10.3 Å². The highest BCUT2D eigenvalue weighted by Gasteiger charge is 2.23. The fourth-order valence-electron chi connectivity index (χ4n) is 2.38. The van der Waals surface area contributed by atoms with E-state index < -0.39 is 23.6 Å². The highest BCUT2D eigenvalue weighted by molar-refractivity contribution is 6.30. The van der Waals surface area contributed by atoms with Crippen molar-refractivity contribution in [3.63, 3.8) is 0 Å². The number of hydrogen-bond donors (Lipinski definition) is 2. The molecule has 0 aliphatic rings. The normalized spacial score (nSPS) is 11.8. The first-order valence-corrected chi connectivity index (χ1v) is 7.88. The van der Waals surface area contributed by atoms with Crippen molar-refractivity contribution in [1.29, 1.82) is 0 Å². The van der Waals surface area contributed by atoms with Crippen molar-refractivity contribution in [3.8, 4) is 0 Å². The summed E-state index contributed by atoms with van der Waals surface area (Å²) in [4.78, 5) is 29.9. The van der Waals surface area contributed by atoms with Crippen LogP contribution in [0.4, 0.5) is 8.78 Å². The minimum atomic E-state index is -1.05. The van der Waals surface area contributed by atoms with Gasteiger partial charge >= 0.3 is 0 Å². The molecule has 0 bridgehead atoms. The van der Waals surface area contributed by atoms with Crippen LogP contribution in [0, 0.1) is 11.6 Å². The van der Waals surface area contributed by atoms with Crippen LogP contribution in [0.3, 0.4) is 0 Å². The van der Waals surface area contributed by atoms with E-state index in [-0.39, 0.29) is 27.4 Å². The van der Waals surface area contributed by atoms with Gasteiger partial charge in [0.05, 0.1) is 16.6 Å². The summed E-state index contributed by atoms with van der Waals surface area (Å²) in [7, 11) is 0. The number of H-pyrrole nitrogens is 1. The van der Waals surface area contributed by atoms with Gasteiger partial charge in [-0.25, -0.2) is 8.78 Å². The molecule has 0 spiro atoms. The molecule has 1 aromatic carbocycles. The van der Waals surface area contributed by atoms with Gasteiger partial charge in [0.15, 0.2) is 0 Å². The van der Waals surface area contributed by atoms with E-state index in [1.165, 1.54) is 48.8 Å². The minimum absolute atomic E-state index is 0.0769. The zero-order chi connectivity index (χ0) is 18.7. The fraction of sp³-hybridized carbons (Fsp3) is 0.0556. The van der Waals surface area contributed by atoms with E-state index in [1.807, 2.05) is 0 Å². The maximum absolute atomic E-state index is 14.2. The average molecular weight is 376 g/mol. The fourth-order valence-corrected chi connectivity index (χ4v) is 2.50. The van der Waals surface area contributed by atoms with E-state index in [0.29, 0.717) is 0 Å². The number of pyridine rings is 2. The molecule has 0 fully saturated rings. The molecule has 0 unspecified atom stereocenters. The van der Waals surface area contributed by atoms with Crippen molar-refractivity contribution in [3.05, 3.63) is 98.7 Å². The van der Waals surface area contributed by atoms with Gasteiger partial charge in [0.1, 0.15) is 17.3 Å². The Morgan fingerprint density at radius 2 is 1.96 bits per heavy atom. The van der Waals surface area contributed by atoms with E-state index in [9.17, 15) is 18.4 Å². The van der Waals surface area contributed by atoms with Crippen LogP contribution in [-0.4, -0.2) is 15.9 Å². The topological polar surface area (TPSA) is 74.8 Å². The van der Waals surface area contributed by atoms with Crippen LogP contribution >= 0.6 is 11.6 Å². The summed E-state index contributed by atoms with van der Waals surface area (Å²) in [5.41, 5.74) is -0.0247. The van der Waals surface area contributed by atoms with Crippen LogP contribution in [0.25, 0.3) is 0 Å². The maximum atomic E-state index is 14.2. The second-order valence-corrected chi connectivity index (χ2v) is 5.80. The molecular weight excluding hydrogens is 364 g/mol. The van der Waals surface area contributed by atoms with E-state index in [2.05, 4.69) is 15.3 Å². The average Bonchev–Trinajstić information content (AvgIpc) is 2.63. The number of halogens is 3. The predicted octanol–water partition coefficient (Wildman–Crippen LogP) is 3.22. The lowest BCUT2D eigenvalue weighted by atomic mass is 10.0. The van der Waals surface area contributed by atoms with Crippen molar-refractivity contribution in [2.45, 2.75) is 6.04 Å². The van der Waals surface area contributed by atoms with E-state index in [1.54, 1.807) is 0 Å². The molecule has 0 saturated heterocycles. The molecule has 2 N–H and O–H groups in total. The van der Waals surface area contributed by atoms with Crippen LogP contribution in [0.2, 0.25) is 5.02 Å². The smallest absolute Gasteiger partial charge is 0.253 e. The number of nitrogens with zero attached hydrogens (tertiary/aromatic N) is 1. The molecule has 5 nitrogen and oxygen atoms in total. The second-order valence-electron chi connectivity index (χ2n) is 5.39. The lowest BCUT2D eigenvalue weighted by Gasteiger charge is -2.19. The highest BCUT2D eigenvalue weighted by Crippen LogP contribution is 2.26. The molecule has 132 valence electrons. The van der Waals surface area contributed by atoms with Crippen LogP contribution in [0.1, 0.15) is 27.7 Å². The van der Waals surface area contributed by atoms with Gasteiger partial charge in [-0.15, -0.1) is 0 Å². The molecule has 0 aliphatic heterocycles. The van der Waals surface area contributed by atoms with Crippen LogP contribution < -0.4 is 10.9 Å². The van der Waals surface area contributed by atoms with Crippen molar-refractivity contribution >= 4 is 17.5 Å². The lowest BCUT2D eigenvalue weighted by molar-refractivity contribution is 0.0941. The van der Waals surface area contributed by atoms with E-state index in [4.69, 9.17) is 11.6 Å². The molecule has 1 atom stereocenters. The van der Waals surface area contributed by atoms with Gasteiger partial charge in [-0.3, -0.25) is 14.6 Å². The largest absolute Gasteiger partial charge is 0.339 e. The molecule has 3 aromatic rings. The molecular formula is C18H12ClF2N3O2. The van der Waals surface area contributed by atoms with Crippen molar-refractivity contribution in [2.24, 2.45) is 0 Å². The monoisotopic (exact) mass is 375 g/mol. The SMILES string of the molecule is O=C(N[C@@H](c1ccc(Cl)c(F)c1)c1ncccc1F)c1ccc(=O)[nH]c1. The number of benzene rings is 1. The molecule has 0 saturated carbocycles. The number of hydrogen-bond acceptors (Lipinski definition) is 3. The van der Waals surface area contributed by atoms with Crippen molar-refractivity contribution in [2.75, 3.05) is 0 Å². The third-order valence-electron chi connectivity index (χ3n) is 3.66. The zero-order valence-electron chi connectivity index (χ0n) is 13.2. The zero-order valence-corrected chi connectivity index (χ0v) is 13.9. The summed E-state index contributed by atoms with van der Waals surface area (Å²) in [5, 5.41) is 2.50. The van der Waals surface area contributed by atoms with Gasteiger partial charge in [-0.2, -0.15) is 0 Å². The summed E-state index contributed by atoms with van der Waals surface area (Å²) in [6.45, 7) is 0. The van der Waals surface area contributed by atoms with E-state index in [0.717, 1.165) is 6.07 Å². The van der Waals surface area contributed by atoms with Crippen molar-refractivity contribution < 1.29 is 13.6 Å². The second kappa shape index (κ2) is 7.45. The Morgan fingerprint density at radius 3 is 2.62 bits per heavy atom. The number of rotatable bonds is 4. The minimum Gasteiger partial charge on any atom is -0.339 e. The predicted molar refractivity (Wildman–Crippen MR) is 92.0 cm³/mol. The number of amides is 1. The first kappa shape index (κ1) is 17.8.